The van der Waals surface area contributed by atoms with Gasteiger partial charge < -0.3 is 15.2 Å². The first-order valence-corrected chi connectivity index (χ1v) is 6.68. The molecule has 0 saturated heterocycles. The van der Waals surface area contributed by atoms with Gasteiger partial charge >= 0.3 is 11.6 Å². The minimum atomic E-state index is -0.825. The van der Waals surface area contributed by atoms with Crippen molar-refractivity contribution in [2.75, 3.05) is 0 Å². The average Bonchev–Trinajstić information content (AvgIpc) is 2.98. The van der Waals surface area contributed by atoms with Gasteiger partial charge in [-0.3, -0.25) is 14.9 Å². The van der Waals surface area contributed by atoms with E-state index in [1.807, 2.05) is 0 Å². The maximum atomic E-state index is 11.6. The van der Waals surface area contributed by atoms with Crippen LogP contribution < -0.4 is 5.43 Å². The molecule has 0 aliphatic carbocycles. The number of hydrogen-bond donors (Lipinski definition) is 2. The molecule has 2 N–H and O–H groups in total. The number of nitrogens with one attached hydrogen (secondary N) is 1. The first-order chi connectivity index (χ1) is 11.8. The number of hydrazone groups is 1. The summed E-state index contributed by atoms with van der Waals surface area (Å²) in [6.07, 6.45) is 1.95. The molecular formula is C11H8ClN7O6. The third-order valence-corrected chi connectivity index (χ3v) is 2.89. The zero-order valence-electron chi connectivity index (χ0n) is 12.1. The number of hydrogen-bond acceptors (Lipinski definition) is 9. The molecule has 1 amide bonds. The Morgan fingerprint density at radius 3 is 2.72 bits per heavy atom. The molecule has 25 heavy (non-hydrogen) atoms. The Balaban J connectivity index is 2.04. The van der Waals surface area contributed by atoms with Crippen LogP contribution in [0.2, 0.25) is 5.02 Å². The Kier molecular flexibility index (Phi) is 5.18. The molecular weight excluding hydrogens is 362 g/mol. The molecule has 130 valence electrons. The smallest absolute Gasteiger partial charge is 0.490 e. The van der Waals surface area contributed by atoms with Crippen LogP contribution in [0.5, 0.6) is 5.75 Å². The second-order valence-corrected chi connectivity index (χ2v) is 4.85. The number of carbonyl (C=O) groups excluding carboxylic acids is 1. The number of nitro groups is 2. The van der Waals surface area contributed by atoms with Crippen molar-refractivity contribution in [3.8, 4) is 5.75 Å². The first-order valence-electron chi connectivity index (χ1n) is 6.30. The fourth-order valence-corrected chi connectivity index (χ4v) is 1.86. The number of nitrogens with zero attached hydrogens (tertiary/aromatic N) is 6. The zero-order chi connectivity index (χ0) is 18.6. The molecule has 1 aromatic heterocycles. The molecule has 0 atom stereocenters. The second-order valence-electron chi connectivity index (χ2n) is 4.41. The van der Waals surface area contributed by atoms with E-state index in [1.54, 1.807) is 0 Å². The van der Waals surface area contributed by atoms with Gasteiger partial charge in [0, 0.05) is 21.8 Å². The molecule has 0 unspecified atom stereocenters. The molecule has 2 rings (SSSR count). The van der Waals surface area contributed by atoms with Crippen molar-refractivity contribution in [2.45, 2.75) is 6.54 Å². The third kappa shape index (κ3) is 4.44. The van der Waals surface area contributed by atoms with Gasteiger partial charge in [0.15, 0.2) is 0 Å². The van der Waals surface area contributed by atoms with E-state index in [1.165, 1.54) is 6.07 Å². The topological polar surface area (TPSA) is 179 Å². The number of aromatic nitrogens is 3. The van der Waals surface area contributed by atoms with Gasteiger partial charge in [-0.15, -0.1) is 0 Å². The van der Waals surface area contributed by atoms with Gasteiger partial charge in [-0.1, -0.05) is 16.6 Å². The Bertz CT molecular complexity index is 880. The van der Waals surface area contributed by atoms with Gasteiger partial charge in [-0.25, -0.2) is 5.43 Å². The van der Waals surface area contributed by atoms with Crippen LogP contribution in [-0.2, 0) is 11.3 Å². The van der Waals surface area contributed by atoms with Crippen LogP contribution in [0.25, 0.3) is 0 Å². The van der Waals surface area contributed by atoms with E-state index in [0.29, 0.717) is 0 Å². The molecule has 1 heterocycles. The summed E-state index contributed by atoms with van der Waals surface area (Å²) < 4.78 is 0.921. The van der Waals surface area contributed by atoms with Crippen LogP contribution >= 0.6 is 11.6 Å². The number of rotatable bonds is 6. The van der Waals surface area contributed by atoms with Crippen LogP contribution in [-0.4, -0.2) is 41.8 Å². The predicted octanol–water partition coefficient (Wildman–Crippen LogP) is 0.604. The number of phenols is 1. The van der Waals surface area contributed by atoms with Crippen LogP contribution in [0, 0.1) is 20.2 Å². The summed E-state index contributed by atoms with van der Waals surface area (Å²) >= 11 is 5.70. The Labute approximate surface area is 142 Å². The standard InChI is InChI=1S/C11H8ClN7O6/c12-7-1-6(10(21)8(2-7)18(22)23)3-14-15-9(20)4-17-5-13-11(16-17)19(24)25/h1-3,5,21H,4H2,(H,15,20). The Morgan fingerprint density at radius 1 is 1.40 bits per heavy atom. The van der Waals surface area contributed by atoms with Crippen molar-refractivity contribution in [1.82, 2.24) is 20.2 Å². The molecule has 0 bridgehead atoms. The second kappa shape index (κ2) is 7.31. The van der Waals surface area contributed by atoms with E-state index in [0.717, 1.165) is 23.3 Å². The summed E-state index contributed by atoms with van der Waals surface area (Å²) in [7, 11) is 0. The van der Waals surface area contributed by atoms with Crippen molar-refractivity contribution >= 4 is 35.4 Å². The average molecular weight is 370 g/mol. The molecule has 0 radical (unpaired) electrons. The largest absolute Gasteiger partial charge is 0.502 e. The Hall–Kier alpha value is -3.61. The summed E-state index contributed by atoms with van der Waals surface area (Å²) in [6.45, 7) is -0.403. The fourth-order valence-electron chi connectivity index (χ4n) is 1.64. The number of amides is 1. The zero-order valence-corrected chi connectivity index (χ0v) is 12.8. The SMILES string of the molecule is O=C(Cn1cnc([N+](=O)[O-])n1)NN=Cc1cc(Cl)cc([N+](=O)[O-])c1O. The van der Waals surface area contributed by atoms with E-state index < -0.39 is 39.7 Å². The van der Waals surface area contributed by atoms with Gasteiger partial charge in [-0.2, -0.15) is 9.78 Å². The molecule has 0 spiro atoms. The molecule has 13 nitrogen and oxygen atoms in total. The van der Waals surface area contributed by atoms with Crippen molar-refractivity contribution in [2.24, 2.45) is 5.10 Å². The van der Waals surface area contributed by atoms with Gasteiger partial charge in [0.2, 0.25) is 12.1 Å². The van der Waals surface area contributed by atoms with E-state index in [9.17, 15) is 30.1 Å². The molecule has 0 saturated carbocycles. The van der Waals surface area contributed by atoms with Crippen molar-refractivity contribution in [3.05, 3.63) is 49.3 Å². The van der Waals surface area contributed by atoms with Gasteiger partial charge in [0.25, 0.3) is 5.91 Å². The number of benzene rings is 1. The lowest BCUT2D eigenvalue weighted by atomic mass is 10.2. The minimum Gasteiger partial charge on any atom is -0.502 e. The van der Waals surface area contributed by atoms with E-state index in [4.69, 9.17) is 11.6 Å². The van der Waals surface area contributed by atoms with Gasteiger partial charge in [-0.05, 0) is 11.0 Å². The van der Waals surface area contributed by atoms with E-state index in [-0.39, 0.29) is 10.6 Å². The van der Waals surface area contributed by atoms with E-state index >= 15 is 0 Å². The third-order valence-electron chi connectivity index (χ3n) is 2.67. The van der Waals surface area contributed by atoms with Gasteiger partial charge in [0.05, 0.1) is 11.1 Å². The monoisotopic (exact) mass is 369 g/mol. The lowest BCUT2D eigenvalue weighted by Crippen LogP contribution is -2.23. The number of phenolic OH excluding ortho intramolecular Hbond substituents is 1. The maximum absolute atomic E-state index is 11.6. The molecule has 2 aromatic rings. The summed E-state index contributed by atoms with van der Waals surface area (Å²) in [4.78, 5) is 34.5. The highest BCUT2D eigenvalue weighted by Crippen LogP contribution is 2.32. The quantitative estimate of drug-likeness (QED) is 0.422. The van der Waals surface area contributed by atoms with Crippen molar-refractivity contribution in [1.29, 1.82) is 0 Å². The molecule has 0 fully saturated rings. The lowest BCUT2D eigenvalue weighted by molar-refractivity contribution is -0.394. The molecule has 1 aromatic carbocycles. The summed E-state index contributed by atoms with van der Waals surface area (Å²) in [6, 6.07) is 2.17. The molecule has 14 heteroatoms. The number of nitro benzene ring substituents is 1. The fraction of sp³-hybridized carbons (Fsp3) is 0.0909. The van der Waals surface area contributed by atoms with Crippen LogP contribution in [0.15, 0.2) is 23.6 Å². The predicted molar refractivity (Wildman–Crippen MR) is 82.2 cm³/mol. The Morgan fingerprint density at radius 2 is 2.12 bits per heavy atom. The highest BCUT2D eigenvalue weighted by atomic mass is 35.5. The number of carbonyl (C=O) groups is 1. The summed E-state index contributed by atoms with van der Waals surface area (Å²) in [5, 5.41) is 37.9. The maximum Gasteiger partial charge on any atom is 0.490 e. The molecule has 0 aliphatic rings. The number of halogens is 1. The minimum absolute atomic E-state index is 0.00722. The van der Waals surface area contributed by atoms with Crippen molar-refractivity contribution in [3.63, 3.8) is 0 Å². The molecule has 0 aliphatic heterocycles. The highest BCUT2D eigenvalue weighted by molar-refractivity contribution is 6.31. The van der Waals surface area contributed by atoms with Crippen LogP contribution in [0.4, 0.5) is 11.6 Å². The van der Waals surface area contributed by atoms with Gasteiger partial charge in [0.1, 0.15) is 6.54 Å². The summed E-state index contributed by atoms with van der Waals surface area (Å²) in [5.74, 6) is -2.03. The normalized spacial score (nSPS) is 10.8. The first kappa shape index (κ1) is 17.7. The van der Waals surface area contributed by atoms with Crippen molar-refractivity contribution < 1.29 is 19.7 Å². The van der Waals surface area contributed by atoms with Crippen LogP contribution in [0.1, 0.15) is 5.56 Å². The summed E-state index contributed by atoms with van der Waals surface area (Å²) in [5.41, 5.74) is 1.36. The lowest BCUT2D eigenvalue weighted by Gasteiger charge is -2.01. The number of aromatic hydroxyl groups is 1. The van der Waals surface area contributed by atoms with Crippen LogP contribution in [0.3, 0.4) is 0 Å². The van der Waals surface area contributed by atoms with E-state index in [2.05, 4.69) is 20.6 Å². The highest BCUT2D eigenvalue weighted by Gasteiger charge is 2.18.